The monoisotopic (exact) mass is 239 g/mol. The molecule has 1 heterocycles. The third-order valence-corrected chi connectivity index (χ3v) is 3.59. The smallest absolute Gasteiger partial charge is 0.155 e. The van der Waals surface area contributed by atoms with E-state index in [4.69, 9.17) is 11.6 Å². The molecule has 0 spiro atoms. The molecule has 16 heavy (non-hydrogen) atoms. The van der Waals surface area contributed by atoms with Gasteiger partial charge in [0.25, 0.3) is 0 Å². The number of rotatable bonds is 4. The topological polar surface area (TPSA) is 37.8 Å². The quantitative estimate of drug-likeness (QED) is 0.876. The highest BCUT2D eigenvalue weighted by molar-refractivity contribution is 6.30. The van der Waals surface area contributed by atoms with Gasteiger partial charge >= 0.3 is 0 Å². The van der Waals surface area contributed by atoms with E-state index >= 15 is 0 Å². The van der Waals surface area contributed by atoms with Crippen molar-refractivity contribution in [2.24, 2.45) is 5.92 Å². The second kappa shape index (κ2) is 4.58. The van der Waals surface area contributed by atoms with Crippen LogP contribution in [0, 0.1) is 19.8 Å². The van der Waals surface area contributed by atoms with Gasteiger partial charge in [0.05, 0.1) is 0 Å². The van der Waals surface area contributed by atoms with Crippen molar-refractivity contribution in [2.75, 3.05) is 5.32 Å². The molecule has 0 aromatic carbocycles. The molecular formula is C12H18ClN3. The van der Waals surface area contributed by atoms with Crippen LogP contribution >= 0.6 is 11.6 Å². The number of anilines is 1. The summed E-state index contributed by atoms with van der Waals surface area (Å²) in [7, 11) is 0. The molecule has 3 nitrogen and oxygen atoms in total. The fourth-order valence-corrected chi connectivity index (χ4v) is 2.04. The van der Waals surface area contributed by atoms with E-state index in [0.29, 0.717) is 11.2 Å². The zero-order valence-corrected chi connectivity index (χ0v) is 10.8. The summed E-state index contributed by atoms with van der Waals surface area (Å²) in [6.45, 7) is 6.20. The summed E-state index contributed by atoms with van der Waals surface area (Å²) >= 11 is 5.92. The highest BCUT2D eigenvalue weighted by Crippen LogP contribution is 2.34. The second-order valence-corrected chi connectivity index (χ2v) is 5.17. The van der Waals surface area contributed by atoms with Gasteiger partial charge in [-0.15, -0.1) is 10.2 Å². The largest absolute Gasteiger partial charge is 0.366 e. The van der Waals surface area contributed by atoms with Crippen LogP contribution in [0.4, 0.5) is 5.82 Å². The van der Waals surface area contributed by atoms with E-state index < -0.39 is 0 Å². The van der Waals surface area contributed by atoms with E-state index in [1.54, 1.807) is 0 Å². The Morgan fingerprint density at radius 1 is 1.31 bits per heavy atom. The van der Waals surface area contributed by atoms with Crippen molar-refractivity contribution in [1.29, 1.82) is 0 Å². The Morgan fingerprint density at radius 2 is 2.00 bits per heavy atom. The summed E-state index contributed by atoms with van der Waals surface area (Å²) in [5, 5.41) is 12.0. The average Bonchev–Trinajstić information content (AvgIpc) is 3.03. The Balaban J connectivity index is 2.05. The Kier molecular flexibility index (Phi) is 3.33. The van der Waals surface area contributed by atoms with Crippen LogP contribution in [0.15, 0.2) is 0 Å². The van der Waals surface area contributed by atoms with E-state index in [0.717, 1.165) is 22.9 Å². The third kappa shape index (κ3) is 2.64. The van der Waals surface area contributed by atoms with Crippen molar-refractivity contribution < 1.29 is 0 Å². The number of nitrogens with zero attached hydrogens (tertiary/aromatic N) is 2. The first-order valence-corrected chi connectivity index (χ1v) is 6.21. The molecule has 0 aliphatic heterocycles. The zero-order chi connectivity index (χ0) is 11.7. The molecule has 0 bridgehead atoms. The summed E-state index contributed by atoms with van der Waals surface area (Å²) in [4.78, 5) is 0. The van der Waals surface area contributed by atoms with Gasteiger partial charge < -0.3 is 5.32 Å². The van der Waals surface area contributed by atoms with Gasteiger partial charge in [-0.25, -0.2) is 0 Å². The Hall–Kier alpha value is -0.830. The molecule has 1 aromatic rings. The van der Waals surface area contributed by atoms with E-state index in [1.807, 2.05) is 13.8 Å². The van der Waals surface area contributed by atoms with Crippen molar-refractivity contribution in [1.82, 2.24) is 10.2 Å². The maximum absolute atomic E-state index is 5.92. The lowest BCUT2D eigenvalue weighted by molar-refractivity contribution is 0.638. The van der Waals surface area contributed by atoms with Gasteiger partial charge in [-0.1, -0.05) is 24.4 Å². The Labute approximate surface area is 102 Å². The molecule has 1 atom stereocenters. The molecular weight excluding hydrogens is 222 g/mol. The van der Waals surface area contributed by atoms with Crippen LogP contribution < -0.4 is 5.32 Å². The SMILES string of the molecule is Cc1c(Cl)nnc(NC(C)CC2CC2)c1C. The minimum absolute atomic E-state index is 0.459. The fourth-order valence-electron chi connectivity index (χ4n) is 1.86. The van der Waals surface area contributed by atoms with Crippen LogP contribution in [-0.4, -0.2) is 16.2 Å². The molecule has 1 aliphatic carbocycles. The predicted molar refractivity (Wildman–Crippen MR) is 66.9 cm³/mol. The van der Waals surface area contributed by atoms with Crippen molar-refractivity contribution in [2.45, 2.75) is 46.1 Å². The van der Waals surface area contributed by atoms with Gasteiger partial charge in [0.1, 0.15) is 0 Å². The molecule has 0 amide bonds. The lowest BCUT2D eigenvalue weighted by Gasteiger charge is -2.16. The van der Waals surface area contributed by atoms with Crippen LogP contribution in [0.1, 0.15) is 37.3 Å². The summed E-state index contributed by atoms with van der Waals surface area (Å²) < 4.78 is 0. The van der Waals surface area contributed by atoms with Crippen molar-refractivity contribution in [3.8, 4) is 0 Å². The minimum Gasteiger partial charge on any atom is -0.366 e. The molecule has 1 aromatic heterocycles. The summed E-state index contributed by atoms with van der Waals surface area (Å²) in [5.41, 5.74) is 2.11. The molecule has 2 rings (SSSR count). The molecule has 1 unspecified atom stereocenters. The number of hydrogen-bond acceptors (Lipinski definition) is 3. The number of hydrogen-bond donors (Lipinski definition) is 1. The van der Waals surface area contributed by atoms with Crippen molar-refractivity contribution >= 4 is 17.4 Å². The molecule has 4 heteroatoms. The fraction of sp³-hybridized carbons (Fsp3) is 0.667. The van der Waals surface area contributed by atoms with E-state index in [2.05, 4.69) is 22.4 Å². The summed E-state index contributed by atoms with van der Waals surface area (Å²) in [5.74, 6) is 1.79. The molecule has 1 saturated carbocycles. The van der Waals surface area contributed by atoms with Crippen LogP contribution in [0.5, 0.6) is 0 Å². The molecule has 0 radical (unpaired) electrons. The predicted octanol–water partition coefficient (Wildman–Crippen LogP) is 3.35. The second-order valence-electron chi connectivity index (χ2n) is 4.81. The van der Waals surface area contributed by atoms with Gasteiger partial charge in [0, 0.05) is 6.04 Å². The van der Waals surface area contributed by atoms with Crippen LogP contribution in [0.2, 0.25) is 5.15 Å². The number of nitrogens with one attached hydrogen (secondary N) is 1. The third-order valence-electron chi connectivity index (χ3n) is 3.23. The molecule has 1 aliphatic rings. The first kappa shape index (κ1) is 11.6. The van der Waals surface area contributed by atoms with Crippen molar-refractivity contribution in [3.05, 3.63) is 16.3 Å². The highest BCUT2D eigenvalue weighted by Gasteiger charge is 2.24. The van der Waals surface area contributed by atoms with Gasteiger partial charge in [0.15, 0.2) is 11.0 Å². The molecule has 1 N–H and O–H groups in total. The van der Waals surface area contributed by atoms with Crippen LogP contribution in [0.25, 0.3) is 0 Å². The zero-order valence-electron chi connectivity index (χ0n) is 10.0. The van der Waals surface area contributed by atoms with Gasteiger partial charge in [-0.2, -0.15) is 0 Å². The van der Waals surface area contributed by atoms with Crippen LogP contribution in [0.3, 0.4) is 0 Å². The summed E-state index contributed by atoms with van der Waals surface area (Å²) in [6.07, 6.45) is 4.00. The van der Waals surface area contributed by atoms with Crippen LogP contribution in [-0.2, 0) is 0 Å². The minimum atomic E-state index is 0.459. The molecule has 0 saturated heterocycles. The number of aromatic nitrogens is 2. The maximum Gasteiger partial charge on any atom is 0.155 e. The Bertz CT molecular complexity index is 388. The molecule has 1 fully saturated rings. The van der Waals surface area contributed by atoms with E-state index in [1.165, 1.54) is 19.3 Å². The average molecular weight is 240 g/mol. The van der Waals surface area contributed by atoms with E-state index in [9.17, 15) is 0 Å². The summed E-state index contributed by atoms with van der Waals surface area (Å²) in [6, 6.07) is 0.459. The number of halogens is 1. The van der Waals surface area contributed by atoms with Gasteiger partial charge in [-0.05, 0) is 44.2 Å². The highest BCUT2D eigenvalue weighted by atomic mass is 35.5. The van der Waals surface area contributed by atoms with Gasteiger partial charge in [0.2, 0.25) is 0 Å². The standard InChI is InChI=1S/C12H18ClN3/c1-7(6-10-4-5-10)14-12-9(3)8(2)11(13)15-16-12/h7,10H,4-6H2,1-3H3,(H,14,16). The van der Waals surface area contributed by atoms with Gasteiger partial charge in [-0.3, -0.25) is 0 Å². The lowest BCUT2D eigenvalue weighted by Crippen LogP contribution is -2.18. The Morgan fingerprint density at radius 3 is 2.62 bits per heavy atom. The molecule has 88 valence electrons. The first-order chi connectivity index (χ1) is 7.58. The lowest BCUT2D eigenvalue weighted by atomic mass is 10.1. The maximum atomic E-state index is 5.92. The first-order valence-electron chi connectivity index (χ1n) is 5.84. The van der Waals surface area contributed by atoms with E-state index in [-0.39, 0.29) is 0 Å². The van der Waals surface area contributed by atoms with Crippen molar-refractivity contribution in [3.63, 3.8) is 0 Å². The normalized spacial score (nSPS) is 17.2.